The molecule has 0 bridgehead atoms. The number of nitrogens with zero attached hydrogens (tertiary/aromatic N) is 2. The molecule has 0 saturated heterocycles. The molecule has 7 heteroatoms. The molecule has 0 aliphatic rings. The van der Waals surface area contributed by atoms with Gasteiger partial charge in [0.25, 0.3) is 0 Å². The van der Waals surface area contributed by atoms with Gasteiger partial charge in [-0.25, -0.2) is 4.99 Å². The molecule has 1 aromatic carbocycles. The van der Waals surface area contributed by atoms with Crippen LogP contribution in [0.3, 0.4) is 0 Å². The van der Waals surface area contributed by atoms with Gasteiger partial charge in [0.05, 0.1) is 12.3 Å². The van der Waals surface area contributed by atoms with E-state index in [0.717, 1.165) is 63.0 Å². The minimum absolute atomic E-state index is 0. The molecule has 1 heterocycles. The molecule has 2 aromatic rings. The van der Waals surface area contributed by atoms with E-state index >= 15 is 0 Å². The summed E-state index contributed by atoms with van der Waals surface area (Å²) in [5.74, 6) is 1.95. The first kappa shape index (κ1) is 25.4. The van der Waals surface area contributed by atoms with Crippen LogP contribution in [0.5, 0.6) is 0 Å². The van der Waals surface area contributed by atoms with Gasteiger partial charge in [-0.2, -0.15) is 0 Å². The number of ether oxygens (including phenoxy) is 1. The lowest BCUT2D eigenvalue weighted by atomic mass is 10.1. The molecular weight excluding hydrogens is 479 g/mol. The lowest BCUT2D eigenvalue weighted by Crippen LogP contribution is -2.37. The molecule has 6 nitrogen and oxygen atoms in total. The Labute approximate surface area is 191 Å². The lowest BCUT2D eigenvalue weighted by molar-refractivity contribution is 0.133. The highest BCUT2D eigenvalue weighted by molar-refractivity contribution is 14.0. The summed E-state index contributed by atoms with van der Waals surface area (Å²) in [6.07, 6.45) is 3.03. The Morgan fingerprint density at radius 1 is 1.14 bits per heavy atom. The van der Waals surface area contributed by atoms with E-state index in [1.54, 1.807) is 0 Å². The predicted octanol–water partition coefficient (Wildman–Crippen LogP) is 4.51. The zero-order valence-corrected chi connectivity index (χ0v) is 20.1. The summed E-state index contributed by atoms with van der Waals surface area (Å²) in [5.41, 5.74) is 2.29. The van der Waals surface area contributed by atoms with Crippen molar-refractivity contribution in [2.75, 3.05) is 26.3 Å². The Kier molecular flexibility index (Phi) is 13.4. The number of hydrogen-bond acceptors (Lipinski definition) is 4. The highest BCUT2D eigenvalue weighted by Gasteiger charge is 2.07. The molecule has 2 rings (SSSR count). The quantitative estimate of drug-likeness (QED) is 0.189. The van der Waals surface area contributed by atoms with E-state index in [-0.39, 0.29) is 24.0 Å². The van der Waals surface area contributed by atoms with Crippen LogP contribution < -0.4 is 10.6 Å². The maximum atomic E-state index is 5.73. The van der Waals surface area contributed by atoms with Crippen molar-refractivity contribution >= 4 is 29.9 Å². The van der Waals surface area contributed by atoms with Crippen molar-refractivity contribution in [1.82, 2.24) is 15.8 Å². The fourth-order valence-electron chi connectivity index (χ4n) is 2.65. The van der Waals surface area contributed by atoms with Crippen molar-refractivity contribution in [3.8, 4) is 0 Å². The van der Waals surface area contributed by atoms with Crippen LogP contribution in [0.15, 0.2) is 45.9 Å². The SMILES string of the molecule is CCNC(=NCc1cc(C(C)C)no1)NCCCCOCCc1ccccc1.I. The Morgan fingerprint density at radius 2 is 1.93 bits per heavy atom. The van der Waals surface area contributed by atoms with E-state index in [2.05, 4.69) is 65.8 Å². The standard InChI is InChI=1S/C22H34N4O2.HI/c1-4-23-22(25-17-20-16-21(18(2)3)26-28-20)24-13-8-9-14-27-15-12-19-10-6-5-7-11-19;/h5-7,10-11,16,18H,4,8-9,12-15,17H2,1-3H3,(H2,23,24,25);1H. The zero-order chi connectivity index (χ0) is 20.0. The molecule has 0 saturated carbocycles. The fourth-order valence-corrected chi connectivity index (χ4v) is 2.65. The number of aromatic nitrogens is 1. The largest absolute Gasteiger partial charge is 0.381 e. The molecule has 0 aliphatic heterocycles. The van der Waals surface area contributed by atoms with Gasteiger partial charge in [0.15, 0.2) is 11.7 Å². The van der Waals surface area contributed by atoms with Crippen molar-refractivity contribution in [3.05, 3.63) is 53.4 Å². The summed E-state index contributed by atoms with van der Waals surface area (Å²) in [7, 11) is 0. The molecule has 0 radical (unpaired) electrons. The van der Waals surface area contributed by atoms with Gasteiger partial charge in [-0.1, -0.05) is 49.3 Å². The smallest absolute Gasteiger partial charge is 0.191 e. The average molecular weight is 514 g/mol. The first-order valence-electron chi connectivity index (χ1n) is 10.3. The third kappa shape index (κ3) is 10.7. The van der Waals surface area contributed by atoms with Crippen molar-refractivity contribution in [3.63, 3.8) is 0 Å². The van der Waals surface area contributed by atoms with Crippen LogP contribution in [0, 0.1) is 0 Å². The minimum atomic E-state index is 0. The molecule has 0 atom stereocenters. The zero-order valence-electron chi connectivity index (χ0n) is 17.8. The van der Waals surface area contributed by atoms with Crippen LogP contribution in [-0.2, 0) is 17.7 Å². The van der Waals surface area contributed by atoms with Crippen molar-refractivity contribution < 1.29 is 9.26 Å². The molecule has 0 unspecified atom stereocenters. The molecule has 1 aromatic heterocycles. The van der Waals surface area contributed by atoms with Crippen molar-refractivity contribution in [2.45, 2.75) is 52.5 Å². The molecule has 2 N–H and O–H groups in total. The number of rotatable bonds is 12. The lowest BCUT2D eigenvalue weighted by Gasteiger charge is -2.11. The molecule has 0 spiro atoms. The van der Waals surface area contributed by atoms with E-state index in [4.69, 9.17) is 9.26 Å². The fraction of sp³-hybridized carbons (Fsp3) is 0.545. The van der Waals surface area contributed by atoms with Gasteiger partial charge in [-0.15, -0.1) is 24.0 Å². The number of aliphatic imine (C=N–C) groups is 1. The topological polar surface area (TPSA) is 71.7 Å². The first-order valence-corrected chi connectivity index (χ1v) is 10.3. The molecular formula is C22H35IN4O2. The van der Waals surface area contributed by atoms with Crippen LogP contribution in [0.4, 0.5) is 0 Å². The van der Waals surface area contributed by atoms with Gasteiger partial charge < -0.3 is 19.9 Å². The maximum Gasteiger partial charge on any atom is 0.191 e. The van der Waals surface area contributed by atoms with E-state index in [0.29, 0.717) is 12.5 Å². The molecule has 0 aliphatic carbocycles. The third-order valence-electron chi connectivity index (χ3n) is 4.29. The number of halogens is 1. The number of unbranched alkanes of at least 4 members (excludes halogenated alkanes) is 1. The van der Waals surface area contributed by atoms with Gasteiger partial charge in [-0.05, 0) is 37.7 Å². The van der Waals surface area contributed by atoms with Crippen LogP contribution in [0.25, 0.3) is 0 Å². The average Bonchev–Trinajstić information content (AvgIpc) is 3.18. The van der Waals surface area contributed by atoms with Gasteiger partial charge in [-0.3, -0.25) is 0 Å². The molecule has 29 heavy (non-hydrogen) atoms. The summed E-state index contributed by atoms with van der Waals surface area (Å²) in [4.78, 5) is 4.57. The van der Waals surface area contributed by atoms with E-state index < -0.39 is 0 Å². The summed E-state index contributed by atoms with van der Waals surface area (Å²) >= 11 is 0. The number of guanidine groups is 1. The van der Waals surface area contributed by atoms with Gasteiger partial charge >= 0.3 is 0 Å². The Bertz CT molecular complexity index is 689. The van der Waals surface area contributed by atoms with Crippen LogP contribution in [0.1, 0.15) is 56.5 Å². The van der Waals surface area contributed by atoms with Crippen molar-refractivity contribution in [1.29, 1.82) is 0 Å². The van der Waals surface area contributed by atoms with Crippen LogP contribution >= 0.6 is 24.0 Å². The van der Waals surface area contributed by atoms with Crippen molar-refractivity contribution in [2.24, 2.45) is 4.99 Å². The normalized spacial score (nSPS) is 11.4. The second-order valence-electron chi connectivity index (χ2n) is 7.05. The molecule has 162 valence electrons. The molecule has 0 fully saturated rings. The monoisotopic (exact) mass is 514 g/mol. The van der Waals surface area contributed by atoms with Gasteiger partial charge in [0.1, 0.15) is 6.54 Å². The second-order valence-corrected chi connectivity index (χ2v) is 7.05. The Morgan fingerprint density at radius 3 is 2.62 bits per heavy atom. The highest BCUT2D eigenvalue weighted by Crippen LogP contribution is 2.14. The summed E-state index contributed by atoms with van der Waals surface area (Å²) in [5, 5.41) is 10.7. The summed E-state index contributed by atoms with van der Waals surface area (Å²) in [6.45, 7) is 9.99. The third-order valence-corrected chi connectivity index (χ3v) is 4.29. The van der Waals surface area contributed by atoms with E-state index in [1.807, 2.05) is 12.1 Å². The number of hydrogen-bond donors (Lipinski definition) is 2. The van der Waals surface area contributed by atoms with Gasteiger partial charge in [0.2, 0.25) is 0 Å². The Hall–Kier alpha value is -1.61. The van der Waals surface area contributed by atoms with Crippen LogP contribution in [0.2, 0.25) is 0 Å². The van der Waals surface area contributed by atoms with E-state index in [1.165, 1.54) is 5.56 Å². The van der Waals surface area contributed by atoms with Gasteiger partial charge in [0, 0.05) is 25.8 Å². The maximum absolute atomic E-state index is 5.73. The number of benzene rings is 1. The van der Waals surface area contributed by atoms with Crippen LogP contribution in [-0.4, -0.2) is 37.4 Å². The summed E-state index contributed by atoms with van der Waals surface area (Å²) in [6, 6.07) is 12.4. The second kappa shape index (κ2) is 15.3. The first-order chi connectivity index (χ1) is 13.7. The highest BCUT2D eigenvalue weighted by atomic mass is 127. The van der Waals surface area contributed by atoms with E-state index in [9.17, 15) is 0 Å². The predicted molar refractivity (Wildman–Crippen MR) is 129 cm³/mol. The molecule has 0 amide bonds. The number of nitrogens with one attached hydrogen (secondary N) is 2. The Balaban J connectivity index is 0.00000420. The summed E-state index contributed by atoms with van der Waals surface area (Å²) < 4.78 is 11.1. The minimum Gasteiger partial charge on any atom is -0.381 e.